The van der Waals surface area contributed by atoms with E-state index in [1.54, 1.807) is 12.1 Å². The Bertz CT molecular complexity index is 969. The van der Waals surface area contributed by atoms with Crippen molar-refractivity contribution in [3.63, 3.8) is 0 Å². The molecule has 0 N–H and O–H groups in total. The number of amides is 1. The van der Waals surface area contributed by atoms with Crippen LogP contribution in [0, 0.1) is 6.92 Å². The van der Waals surface area contributed by atoms with Crippen molar-refractivity contribution in [3.8, 4) is 0 Å². The van der Waals surface area contributed by atoms with Crippen molar-refractivity contribution < 1.29 is 13.2 Å². The summed E-state index contributed by atoms with van der Waals surface area (Å²) in [6.07, 6.45) is 2.16. The Morgan fingerprint density at radius 3 is 2.27 bits per heavy atom. The van der Waals surface area contributed by atoms with Crippen molar-refractivity contribution in [1.82, 2.24) is 14.1 Å². The predicted molar refractivity (Wildman–Crippen MR) is 117 cm³/mol. The Kier molecular flexibility index (Phi) is 6.22. The van der Waals surface area contributed by atoms with Crippen LogP contribution in [0.3, 0.4) is 0 Å². The standard InChI is InChI=1S/C23H29N3O3S/c1-19-9-11-21(12-10-19)30(28,29)26-16-14-24(15-17-26)23(27)18-25-13-5-8-22(25)20-6-3-2-4-7-20/h2-4,6-7,9-12,22H,5,8,13-18H2,1H3. The van der Waals surface area contributed by atoms with Crippen molar-refractivity contribution in [2.75, 3.05) is 39.3 Å². The highest BCUT2D eigenvalue weighted by molar-refractivity contribution is 7.89. The summed E-state index contributed by atoms with van der Waals surface area (Å²) in [5, 5.41) is 0. The van der Waals surface area contributed by atoms with Crippen LogP contribution in [0.5, 0.6) is 0 Å². The largest absolute Gasteiger partial charge is 0.339 e. The van der Waals surface area contributed by atoms with E-state index in [-0.39, 0.29) is 5.91 Å². The first-order chi connectivity index (χ1) is 14.4. The average Bonchev–Trinajstić information content (AvgIpc) is 3.23. The van der Waals surface area contributed by atoms with Crippen molar-refractivity contribution >= 4 is 15.9 Å². The maximum Gasteiger partial charge on any atom is 0.243 e. The molecule has 1 amide bonds. The number of nitrogens with zero attached hydrogens (tertiary/aromatic N) is 3. The fourth-order valence-corrected chi connectivity index (χ4v) is 5.80. The molecule has 0 spiro atoms. The van der Waals surface area contributed by atoms with E-state index in [2.05, 4.69) is 17.0 Å². The molecule has 0 aromatic heterocycles. The third kappa shape index (κ3) is 4.43. The van der Waals surface area contributed by atoms with Crippen molar-refractivity contribution in [1.29, 1.82) is 0 Å². The third-order valence-corrected chi connectivity index (χ3v) is 8.05. The molecule has 2 saturated heterocycles. The first-order valence-corrected chi connectivity index (χ1v) is 12.0. The number of rotatable bonds is 5. The molecule has 2 fully saturated rings. The summed E-state index contributed by atoms with van der Waals surface area (Å²) < 4.78 is 27.2. The fraction of sp³-hybridized carbons (Fsp3) is 0.435. The molecule has 6 nitrogen and oxygen atoms in total. The number of likely N-dealkylation sites (tertiary alicyclic amines) is 1. The molecule has 2 aromatic rings. The van der Waals surface area contributed by atoms with E-state index in [0.717, 1.165) is 24.9 Å². The highest BCUT2D eigenvalue weighted by atomic mass is 32.2. The van der Waals surface area contributed by atoms with Crippen LogP contribution < -0.4 is 0 Å². The zero-order valence-corrected chi connectivity index (χ0v) is 18.2. The van der Waals surface area contributed by atoms with Gasteiger partial charge in [-0.05, 0) is 44.0 Å². The van der Waals surface area contributed by atoms with Gasteiger partial charge in [0, 0.05) is 32.2 Å². The molecule has 1 unspecified atom stereocenters. The summed E-state index contributed by atoms with van der Waals surface area (Å²) in [7, 11) is -3.51. The average molecular weight is 428 g/mol. The second-order valence-corrected chi connectivity index (χ2v) is 10.1. The van der Waals surface area contributed by atoms with Crippen molar-refractivity contribution in [2.24, 2.45) is 0 Å². The van der Waals surface area contributed by atoms with Crippen LogP contribution in [0.15, 0.2) is 59.5 Å². The molecule has 0 aliphatic carbocycles. The molecule has 0 saturated carbocycles. The Hall–Kier alpha value is -2.22. The summed E-state index contributed by atoms with van der Waals surface area (Å²) in [4.78, 5) is 17.3. The van der Waals surface area contributed by atoms with Crippen LogP contribution in [0.1, 0.15) is 30.0 Å². The number of piperazine rings is 1. The lowest BCUT2D eigenvalue weighted by Crippen LogP contribution is -2.52. The first kappa shape index (κ1) is 21.0. The molecule has 30 heavy (non-hydrogen) atoms. The lowest BCUT2D eigenvalue weighted by molar-refractivity contribution is -0.133. The van der Waals surface area contributed by atoms with Crippen molar-refractivity contribution in [3.05, 3.63) is 65.7 Å². The minimum Gasteiger partial charge on any atom is -0.339 e. The minimum absolute atomic E-state index is 0.0882. The van der Waals surface area contributed by atoms with Gasteiger partial charge < -0.3 is 4.90 Å². The highest BCUT2D eigenvalue weighted by Gasteiger charge is 2.32. The van der Waals surface area contributed by atoms with Gasteiger partial charge in [-0.25, -0.2) is 8.42 Å². The molecular formula is C23H29N3O3S. The predicted octanol–water partition coefficient (Wildman–Crippen LogP) is 2.67. The van der Waals surface area contributed by atoms with Gasteiger partial charge in [0.2, 0.25) is 15.9 Å². The molecular weight excluding hydrogens is 398 g/mol. The van der Waals surface area contributed by atoms with E-state index in [0.29, 0.717) is 43.7 Å². The fourth-order valence-electron chi connectivity index (χ4n) is 4.38. The van der Waals surface area contributed by atoms with E-state index in [4.69, 9.17) is 0 Å². The summed E-state index contributed by atoms with van der Waals surface area (Å²) in [6, 6.07) is 17.6. The van der Waals surface area contributed by atoms with Gasteiger partial charge in [-0.15, -0.1) is 0 Å². The lowest BCUT2D eigenvalue weighted by Gasteiger charge is -2.35. The number of sulfonamides is 1. The number of aryl methyl sites for hydroxylation is 1. The summed E-state index contributed by atoms with van der Waals surface area (Å²) >= 11 is 0. The Balaban J connectivity index is 1.35. The van der Waals surface area contributed by atoms with E-state index in [1.165, 1.54) is 9.87 Å². The molecule has 0 radical (unpaired) electrons. The van der Waals surface area contributed by atoms with E-state index in [9.17, 15) is 13.2 Å². The summed E-state index contributed by atoms with van der Waals surface area (Å²) in [6.45, 7) is 4.80. The minimum atomic E-state index is -3.51. The Labute approximate surface area is 179 Å². The molecule has 160 valence electrons. The quantitative estimate of drug-likeness (QED) is 0.736. The number of benzene rings is 2. The van der Waals surface area contributed by atoms with Gasteiger partial charge in [0.15, 0.2) is 0 Å². The third-order valence-electron chi connectivity index (χ3n) is 6.14. The zero-order valence-electron chi connectivity index (χ0n) is 17.4. The topological polar surface area (TPSA) is 60.9 Å². The number of hydrogen-bond donors (Lipinski definition) is 0. The van der Waals surface area contributed by atoms with Gasteiger partial charge >= 0.3 is 0 Å². The molecule has 7 heteroatoms. The first-order valence-electron chi connectivity index (χ1n) is 10.6. The lowest BCUT2D eigenvalue weighted by atomic mass is 10.0. The second kappa shape index (κ2) is 8.88. The smallest absolute Gasteiger partial charge is 0.243 e. The van der Waals surface area contributed by atoms with Gasteiger partial charge in [-0.2, -0.15) is 4.31 Å². The van der Waals surface area contributed by atoms with Gasteiger partial charge in [0.25, 0.3) is 0 Å². The van der Waals surface area contributed by atoms with Gasteiger partial charge in [-0.3, -0.25) is 9.69 Å². The molecule has 1 atom stereocenters. The van der Waals surface area contributed by atoms with Crippen LogP contribution in [0.25, 0.3) is 0 Å². The van der Waals surface area contributed by atoms with Crippen LogP contribution >= 0.6 is 0 Å². The van der Waals surface area contributed by atoms with Gasteiger partial charge in [-0.1, -0.05) is 48.0 Å². The molecule has 4 rings (SSSR count). The SMILES string of the molecule is Cc1ccc(S(=O)(=O)N2CCN(C(=O)CN3CCCC3c3ccccc3)CC2)cc1. The van der Waals surface area contributed by atoms with E-state index >= 15 is 0 Å². The van der Waals surface area contributed by atoms with Crippen LogP contribution in [0.4, 0.5) is 0 Å². The Morgan fingerprint density at radius 1 is 0.933 bits per heavy atom. The van der Waals surface area contributed by atoms with Crippen LogP contribution in [-0.4, -0.2) is 67.7 Å². The maximum absolute atomic E-state index is 12.9. The van der Waals surface area contributed by atoms with Crippen LogP contribution in [-0.2, 0) is 14.8 Å². The number of hydrogen-bond acceptors (Lipinski definition) is 4. The molecule has 0 bridgehead atoms. The molecule has 2 heterocycles. The highest BCUT2D eigenvalue weighted by Crippen LogP contribution is 2.31. The van der Waals surface area contributed by atoms with E-state index < -0.39 is 10.0 Å². The normalized spacial score (nSPS) is 21.1. The van der Waals surface area contributed by atoms with Crippen LogP contribution in [0.2, 0.25) is 0 Å². The molecule has 2 aromatic carbocycles. The van der Waals surface area contributed by atoms with Gasteiger partial charge in [0.05, 0.1) is 11.4 Å². The Morgan fingerprint density at radius 2 is 1.60 bits per heavy atom. The zero-order chi connectivity index (χ0) is 21.1. The summed E-state index contributed by atoms with van der Waals surface area (Å²) in [5.74, 6) is 0.0882. The van der Waals surface area contributed by atoms with Gasteiger partial charge in [0.1, 0.15) is 0 Å². The van der Waals surface area contributed by atoms with E-state index in [1.807, 2.05) is 42.2 Å². The monoisotopic (exact) mass is 427 g/mol. The maximum atomic E-state index is 12.9. The summed E-state index contributed by atoms with van der Waals surface area (Å²) in [5.41, 5.74) is 2.29. The molecule has 2 aliphatic rings. The second-order valence-electron chi connectivity index (χ2n) is 8.14. The number of carbonyl (C=O) groups excluding carboxylic acids is 1. The van der Waals surface area contributed by atoms with Crippen molar-refractivity contribution in [2.45, 2.75) is 30.7 Å². The molecule has 2 aliphatic heterocycles. The number of carbonyl (C=O) groups is 1.